The number of anilines is 3. The summed E-state index contributed by atoms with van der Waals surface area (Å²) in [5, 5.41) is 22.5. The quantitative estimate of drug-likeness (QED) is 0.341. The molecule has 0 radical (unpaired) electrons. The van der Waals surface area contributed by atoms with E-state index >= 15 is 0 Å². The van der Waals surface area contributed by atoms with Crippen molar-refractivity contribution in [2.75, 3.05) is 41.4 Å². The molecular formula is C23H31N5O2S. The first kappa shape index (κ1) is 22.9. The maximum Gasteiger partial charge on any atom is 0.303 e. The zero-order chi connectivity index (χ0) is 22.2. The monoisotopic (exact) mass is 441 g/mol. The lowest BCUT2D eigenvalue weighted by Crippen LogP contribution is -2.29. The highest BCUT2D eigenvalue weighted by Crippen LogP contribution is 2.27. The summed E-state index contributed by atoms with van der Waals surface area (Å²) in [4.78, 5) is 13.3. The second kappa shape index (κ2) is 11.0. The molecule has 0 aromatic heterocycles. The van der Waals surface area contributed by atoms with Crippen LogP contribution in [0.2, 0.25) is 0 Å². The Morgan fingerprint density at radius 2 is 1.90 bits per heavy atom. The average Bonchev–Trinajstić information content (AvgIpc) is 3.16. The van der Waals surface area contributed by atoms with Crippen LogP contribution >= 0.6 is 12.6 Å². The minimum absolute atomic E-state index is 0.0213. The van der Waals surface area contributed by atoms with Gasteiger partial charge in [0.25, 0.3) is 0 Å². The lowest BCUT2D eigenvalue weighted by atomic mass is 10.1. The van der Waals surface area contributed by atoms with Crippen LogP contribution < -0.4 is 15.2 Å². The number of para-hydroxylation sites is 1. The topological polar surface area (TPSA) is 80.5 Å². The van der Waals surface area contributed by atoms with E-state index in [0.29, 0.717) is 13.0 Å². The van der Waals surface area contributed by atoms with Crippen molar-refractivity contribution in [1.29, 1.82) is 0 Å². The molecule has 0 bridgehead atoms. The molecule has 0 spiro atoms. The number of hydrogen-bond donors (Lipinski definition) is 3. The second-order valence-corrected chi connectivity index (χ2v) is 8.39. The summed E-state index contributed by atoms with van der Waals surface area (Å²) in [5.74, 6) is -0.746. The normalized spacial score (nSPS) is 15.3. The van der Waals surface area contributed by atoms with Crippen LogP contribution in [0.5, 0.6) is 0 Å². The molecule has 166 valence electrons. The van der Waals surface area contributed by atoms with E-state index in [4.69, 9.17) is 5.11 Å². The molecule has 2 N–H and O–H groups in total. The van der Waals surface area contributed by atoms with E-state index in [1.165, 1.54) is 16.8 Å². The molecule has 1 unspecified atom stereocenters. The minimum Gasteiger partial charge on any atom is -0.481 e. The van der Waals surface area contributed by atoms with Gasteiger partial charge in [0.05, 0.1) is 12.2 Å². The van der Waals surface area contributed by atoms with Crippen LogP contribution in [0, 0.1) is 13.8 Å². The third-order valence-corrected chi connectivity index (χ3v) is 5.69. The van der Waals surface area contributed by atoms with E-state index in [1.54, 1.807) is 0 Å². The van der Waals surface area contributed by atoms with Gasteiger partial charge < -0.3 is 15.3 Å². The molecule has 1 aliphatic rings. The van der Waals surface area contributed by atoms with Gasteiger partial charge >= 0.3 is 5.97 Å². The van der Waals surface area contributed by atoms with E-state index < -0.39 is 5.97 Å². The summed E-state index contributed by atoms with van der Waals surface area (Å²) in [6.45, 7) is 7.22. The molecule has 0 aliphatic carbocycles. The molecule has 1 aliphatic heterocycles. The first-order valence-electron chi connectivity index (χ1n) is 10.7. The predicted molar refractivity (Wildman–Crippen MR) is 130 cm³/mol. The zero-order valence-corrected chi connectivity index (χ0v) is 19.1. The molecule has 31 heavy (non-hydrogen) atoms. The SMILES string of the molecule is Cc1cccc(C)c1N(CCCNc1cccc(N2N=NCC2S)c1)CCCC(=O)O. The van der Waals surface area contributed by atoms with E-state index in [2.05, 4.69) is 71.3 Å². The average molecular weight is 442 g/mol. The highest BCUT2D eigenvalue weighted by atomic mass is 32.1. The van der Waals surface area contributed by atoms with Crippen LogP contribution in [0.25, 0.3) is 0 Å². The number of carbonyl (C=O) groups is 1. The molecule has 2 aromatic carbocycles. The molecule has 8 heteroatoms. The predicted octanol–water partition coefficient (Wildman–Crippen LogP) is 4.92. The number of rotatable bonds is 11. The molecule has 2 aromatic rings. The Morgan fingerprint density at radius 1 is 1.19 bits per heavy atom. The Morgan fingerprint density at radius 3 is 2.58 bits per heavy atom. The summed E-state index contributed by atoms with van der Waals surface area (Å²) in [7, 11) is 0. The molecule has 0 saturated heterocycles. The number of nitrogens with zero attached hydrogens (tertiary/aromatic N) is 4. The van der Waals surface area contributed by atoms with E-state index in [-0.39, 0.29) is 11.8 Å². The lowest BCUT2D eigenvalue weighted by Gasteiger charge is -2.28. The Kier molecular flexibility index (Phi) is 8.17. The fourth-order valence-corrected chi connectivity index (χ4v) is 4.11. The molecular weight excluding hydrogens is 410 g/mol. The minimum atomic E-state index is -0.746. The van der Waals surface area contributed by atoms with Gasteiger partial charge in [0.2, 0.25) is 0 Å². The van der Waals surface area contributed by atoms with Gasteiger partial charge in [0.15, 0.2) is 0 Å². The standard InChI is InChI=1S/C23H31N5O2S/c1-17-7-3-8-18(2)23(17)27(13-5-11-22(29)30)14-6-12-24-19-9-4-10-20(15-19)28-21(31)16-25-26-28/h3-4,7-10,15,21,24,31H,5-6,11-14,16H2,1-2H3,(H,29,30). The first-order valence-corrected chi connectivity index (χ1v) is 11.2. The van der Waals surface area contributed by atoms with Crippen molar-refractivity contribution in [3.63, 3.8) is 0 Å². The van der Waals surface area contributed by atoms with Crippen LogP contribution in [-0.4, -0.2) is 42.6 Å². The van der Waals surface area contributed by atoms with Gasteiger partial charge in [-0.15, -0.1) is 0 Å². The van der Waals surface area contributed by atoms with Crippen molar-refractivity contribution in [3.05, 3.63) is 53.6 Å². The number of nitrogens with one attached hydrogen (secondary N) is 1. The summed E-state index contributed by atoms with van der Waals surface area (Å²) >= 11 is 4.51. The van der Waals surface area contributed by atoms with E-state index in [9.17, 15) is 4.79 Å². The number of aliphatic carboxylic acids is 1. The third-order valence-electron chi connectivity index (χ3n) is 5.31. The van der Waals surface area contributed by atoms with Crippen molar-refractivity contribution >= 4 is 35.7 Å². The Bertz CT molecular complexity index is 900. The van der Waals surface area contributed by atoms with Gasteiger partial charge in [-0.2, -0.15) is 17.7 Å². The molecule has 1 heterocycles. The highest BCUT2D eigenvalue weighted by Gasteiger charge is 2.20. The fraction of sp³-hybridized carbons (Fsp3) is 0.435. The number of carboxylic acids is 1. The Labute approximate surface area is 189 Å². The molecule has 0 saturated carbocycles. The smallest absolute Gasteiger partial charge is 0.303 e. The lowest BCUT2D eigenvalue weighted by molar-refractivity contribution is -0.137. The maximum absolute atomic E-state index is 11.0. The van der Waals surface area contributed by atoms with Crippen molar-refractivity contribution in [1.82, 2.24) is 0 Å². The molecule has 1 atom stereocenters. The number of aryl methyl sites for hydroxylation is 2. The molecule has 0 fully saturated rings. The van der Waals surface area contributed by atoms with Crippen molar-refractivity contribution < 1.29 is 9.90 Å². The van der Waals surface area contributed by atoms with Crippen LogP contribution in [0.1, 0.15) is 30.4 Å². The summed E-state index contributed by atoms with van der Waals surface area (Å²) in [6.07, 6.45) is 1.75. The van der Waals surface area contributed by atoms with Crippen LogP contribution in [0.15, 0.2) is 52.8 Å². The van der Waals surface area contributed by atoms with Gasteiger partial charge in [-0.25, -0.2) is 5.01 Å². The van der Waals surface area contributed by atoms with Crippen LogP contribution in [0.3, 0.4) is 0 Å². The van der Waals surface area contributed by atoms with Gasteiger partial charge in [-0.1, -0.05) is 29.5 Å². The third kappa shape index (κ3) is 6.37. The Hall–Kier alpha value is -2.74. The van der Waals surface area contributed by atoms with Gasteiger partial charge in [-0.3, -0.25) is 4.79 Å². The van der Waals surface area contributed by atoms with E-state index in [1.807, 2.05) is 23.2 Å². The summed E-state index contributed by atoms with van der Waals surface area (Å²) in [6, 6.07) is 14.4. The van der Waals surface area contributed by atoms with Crippen LogP contribution in [0.4, 0.5) is 17.1 Å². The second-order valence-electron chi connectivity index (χ2n) is 7.79. The summed E-state index contributed by atoms with van der Waals surface area (Å²) < 4.78 is 0. The zero-order valence-electron chi connectivity index (χ0n) is 18.2. The van der Waals surface area contributed by atoms with Crippen molar-refractivity contribution in [3.8, 4) is 0 Å². The van der Waals surface area contributed by atoms with Crippen molar-refractivity contribution in [2.45, 2.75) is 38.5 Å². The Balaban J connectivity index is 1.58. The first-order chi connectivity index (χ1) is 15.0. The highest BCUT2D eigenvalue weighted by molar-refractivity contribution is 7.81. The number of benzene rings is 2. The number of thiol groups is 1. The summed E-state index contributed by atoms with van der Waals surface area (Å²) in [5.41, 5.74) is 5.66. The molecule has 0 amide bonds. The fourth-order valence-electron chi connectivity index (χ4n) is 3.86. The van der Waals surface area contributed by atoms with E-state index in [0.717, 1.165) is 37.4 Å². The maximum atomic E-state index is 11.0. The molecule has 7 nitrogen and oxygen atoms in total. The largest absolute Gasteiger partial charge is 0.481 e. The number of hydrogen-bond acceptors (Lipinski definition) is 7. The van der Waals surface area contributed by atoms with Crippen LogP contribution in [-0.2, 0) is 4.79 Å². The van der Waals surface area contributed by atoms with Gasteiger partial charge in [0, 0.05) is 37.4 Å². The van der Waals surface area contributed by atoms with Gasteiger partial charge in [0.1, 0.15) is 5.37 Å². The number of carboxylic acid groups (broad SMARTS) is 1. The van der Waals surface area contributed by atoms with Crippen molar-refractivity contribution in [2.24, 2.45) is 10.3 Å². The van der Waals surface area contributed by atoms with Gasteiger partial charge in [-0.05, 0) is 56.0 Å². The molecule has 3 rings (SSSR count).